The molecule has 60 heavy (non-hydrogen) atoms. The summed E-state index contributed by atoms with van der Waals surface area (Å²) in [6.45, 7) is -0.0364. The second kappa shape index (κ2) is 15.2. The molecule has 0 spiro atoms. The van der Waals surface area contributed by atoms with Gasteiger partial charge in [0.25, 0.3) is 17.9 Å². The highest BCUT2D eigenvalue weighted by Crippen LogP contribution is 2.68. The molecule has 2 aliphatic carbocycles. The van der Waals surface area contributed by atoms with Crippen LogP contribution in [0.4, 0.5) is 26.3 Å². The maximum Gasteiger partial charge on any atom is 0.293 e. The first-order valence-corrected chi connectivity index (χ1v) is 20.5. The quantitative estimate of drug-likeness (QED) is 0.112. The smallest absolute Gasteiger partial charge is 0.293 e. The summed E-state index contributed by atoms with van der Waals surface area (Å²) >= 11 is 0. The molecule has 6 aromatic rings. The fraction of sp³-hybridized carbons (Fsp3) is 0.317. The predicted octanol–water partition coefficient (Wildman–Crippen LogP) is 5.98. The van der Waals surface area contributed by atoms with Crippen molar-refractivity contribution in [1.82, 2.24) is 33.9 Å². The Hall–Kier alpha value is -5.47. The van der Waals surface area contributed by atoms with E-state index < -0.39 is 81.6 Å². The molecular formula is C41H35F6N7O5S. The Labute approximate surface area is 338 Å². The van der Waals surface area contributed by atoms with Crippen LogP contribution in [-0.4, -0.2) is 74.7 Å². The number of benzene rings is 3. The zero-order valence-electron chi connectivity index (χ0n) is 31.4. The van der Waals surface area contributed by atoms with Gasteiger partial charge in [0.05, 0.1) is 53.0 Å². The molecule has 0 bridgehead atoms. The average molecular weight is 852 g/mol. The van der Waals surface area contributed by atoms with Crippen LogP contribution in [0.25, 0.3) is 27.8 Å². The fourth-order valence-corrected chi connectivity index (χ4v) is 9.72. The Morgan fingerprint density at radius 3 is 2.38 bits per heavy atom. The SMILES string of the molecule is O=c1c2ccc(-c3ccccn3)cc2nc([C@H](Cc2cc(F)cc(F)c2)NC(O)Cn2nc(C(F)F)c3c2C(F)(F)[C@H]2C[C@@H]32)n1-c1ccc(S(=O)(=O)N2CCOCC2)cc1. The Balaban J connectivity index is 1.17. The van der Waals surface area contributed by atoms with E-state index in [0.29, 0.717) is 22.0 Å². The normalized spacial score (nSPS) is 19.7. The molecule has 4 atom stereocenters. The summed E-state index contributed by atoms with van der Waals surface area (Å²) in [5.41, 5.74) is -0.938. The lowest BCUT2D eigenvalue weighted by Gasteiger charge is -2.27. The molecular weight excluding hydrogens is 817 g/mol. The standard InChI is InChI=1S/C41H35F6N7O5S/c42-24-15-22(16-25(43)19-24)17-33(49-34(55)21-53-37-35(36(51-53)38(44)45)29-20-30(29)41(37,46)47)39-50-32-18-23(31-3-1-2-10-48-31)4-9-28(32)40(56)54(39)26-5-7-27(8-6-26)60(57,58)52-11-13-59-14-12-52/h1-10,15-16,18-19,29-30,33-34,38,49,55H,11-14,17,20-21H2/t29-,30+,33+,34?/m1/s1. The molecule has 9 rings (SSSR count). The molecule has 1 aliphatic heterocycles. The minimum Gasteiger partial charge on any atom is -0.379 e. The zero-order chi connectivity index (χ0) is 42.1. The van der Waals surface area contributed by atoms with Gasteiger partial charge in [-0.05, 0) is 85.0 Å². The van der Waals surface area contributed by atoms with Gasteiger partial charge < -0.3 is 9.84 Å². The maximum absolute atomic E-state index is 15.5. The number of halogens is 6. The topological polar surface area (TPSA) is 144 Å². The third-order valence-corrected chi connectivity index (χ3v) is 13.1. The van der Waals surface area contributed by atoms with Crippen LogP contribution in [0.2, 0.25) is 0 Å². The molecule has 0 radical (unpaired) electrons. The Bertz CT molecular complexity index is 2760. The van der Waals surface area contributed by atoms with Gasteiger partial charge in [-0.3, -0.25) is 24.3 Å². The number of pyridine rings is 1. The predicted molar refractivity (Wildman–Crippen MR) is 204 cm³/mol. The first kappa shape index (κ1) is 40.0. The number of nitrogens with zero attached hydrogens (tertiary/aromatic N) is 6. The number of morpholine rings is 1. The number of hydrogen-bond donors (Lipinski definition) is 2. The zero-order valence-corrected chi connectivity index (χ0v) is 32.2. The number of ether oxygens (including phenoxy) is 1. The minimum atomic E-state index is -3.96. The van der Waals surface area contributed by atoms with Gasteiger partial charge in [-0.15, -0.1) is 0 Å². The second-order valence-electron chi connectivity index (χ2n) is 15.0. The summed E-state index contributed by atoms with van der Waals surface area (Å²) in [4.78, 5) is 23.8. The van der Waals surface area contributed by atoms with Crippen LogP contribution in [0, 0.1) is 17.6 Å². The molecule has 2 N–H and O–H groups in total. The highest BCUT2D eigenvalue weighted by Gasteiger charge is 2.67. The summed E-state index contributed by atoms with van der Waals surface area (Å²) in [7, 11) is -3.96. The van der Waals surface area contributed by atoms with E-state index >= 15 is 8.78 Å². The van der Waals surface area contributed by atoms with Gasteiger partial charge >= 0.3 is 0 Å². The summed E-state index contributed by atoms with van der Waals surface area (Å²) < 4.78 is 124. The van der Waals surface area contributed by atoms with E-state index in [1.54, 1.807) is 36.5 Å². The lowest BCUT2D eigenvalue weighted by Crippen LogP contribution is -2.41. The molecule has 12 nitrogen and oxygen atoms in total. The molecule has 312 valence electrons. The van der Waals surface area contributed by atoms with Crippen molar-refractivity contribution in [2.24, 2.45) is 5.92 Å². The van der Waals surface area contributed by atoms with Crippen molar-refractivity contribution in [1.29, 1.82) is 0 Å². The third-order valence-electron chi connectivity index (χ3n) is 11.1. The monoisotopic (exact) mass is 851 g/mol. The molecule has 3 aliphatic rings. The lowest BCUT2D eigenvalue weighted by atomic mass is 10.0. The number of fused-ring (bicyclic) bond motifs is 4. The Kier molecular flexibility index (Phi) is 10.1. The Morgan fingerprint density at radius 1 is 0.967 bits per heavy atom. The average Bonchev–Trinajstić information content (AvgIpc) is 3.89. The first-order chi connectivity index (χ1) is 28.7. The molecule has 3 aromatic carbocycles. The van der Waals surface area contributed by atoms with Crippen LogP contribution in [-0.2, 0) is 33.6 Å². The number of aliphatic hydroxyl groups is 1. The van der Waals surface area contributed by atoms with Crippen molar-refractivity contribution in [3.8, 4) is 16.9 Å². The first-order valence-electron chi connectivity index (χ1n) is 19.0. The molecule has 1 saturated heterocycles. The van der Waals surface area contributed by atoms with Gasteiger partial charge in [0.15, 0.2) is 0 Å². The second-order valence-corrected chi connectivity index (χ2v) is 16.9. The highest BCUT2D eigenvalue weighted by atomic mass is 32.2. The lowest BCUT2D eigenvalue weighted by molar-refractivity contribution is -0.0334. The number of nitrogens with one attached hydrogen (secondary N) is 1. The molecule has 2 fully saturated rings. The number of sulfonamides is 1. The van der Waals surface area contributed by atoms with Crippen molar-refractivity contribution >= 4 is 20.9 Å². The van der Waals surface area contributed by atoms with E-state index in [4.69, 9.17) is 9.72 Å². The van der Waals surface area contributed by atoms with Crippen LogP contribution in [0.15, 0.2) is 94.7 Å². The number of hydrogen-bond acceptors (Lipinski definition) is 9. The molecule has 1 saturated carbocycles. The van der Waals surface area contributed by atoms with E-state index in [2.05, 4.69) is 15.4 Å². The van der Waals surface area contributed by atoms with Crippen molar-refractivity contribution in [2.45, 2.75) is 54.8 Å². The summed E-state index contributed by atoms with van der Waals surface area (Å²) in [5.74, 6) is -7.42. The molecule has 3 aromatic heterocycles. The molecule has 19 heteroatoms. The van der Waals surface area contributed by atoms with E-state index in [1.807, 2.05) is 0 Å². The number of aliphatic hydroxyl groups excluding tert-OH is 1. The van der Waals surface area contributed by atoms with Crippen LogP contribution in [0.5, 0.6) is 0 Å². The van der Waals surface area contributed by atoms with E-state index in [9.17, 15) is 35.9 Å². The van der Waals surface area contributed by atoms with Crippen molar-refractivity contribution < 1.29 is 44.6 Å². The van der Waals surface area contributed by atoms with E-state index in [0.717, 1.165) is 16.7 Å². The number of alkyl halides is 4. The number of aromatic nitrogens is 5. The van der Waals surface area contributed by atoms with Gasteiger partial charge in [-0.2, -0.15) is 18.2 Å². The van der Waals surface area contributed by atoms with Crippen LogP contribution >= 0.6 is 0 Å². The fourth-order valence-electron chi connectivity index (χ4n) is 8.32. The van der Waals surface area contributed by atoms with Gasteiger partial charge in [-0.25, -0.2) is 31.0 Å². The number of rotatable bonds is 12. The summed E-state index contributed by atoms with van der Waals surface area (Å²) in [6, 6.07) is 16.8. The van der Waals surface area contributed by atoms with E-state index in [1.165, 1.54) is 34.6 Å². The highest BCUT2D eigenvalue weighted by molar-refractivity contribution is 7.89. The maximum atomic E-state index is 15.5. The van der Waals surface area contributed by atoms with Crippen LogP contribution < -0.4 is 10.9 Å². The van der Waals surface area contributed by atoms with Gasteiger partial charge in [0, 0.05) is 42.4 Å². The van der Waals surface area contributed by atoms with Crippen LogP contribution in [0.3, 0.4) is 0 Å². The largest absolute Gasteiger partial charge is 0.379 e. The van der Waals surface area contributed by atoms with Gasteiger partial charge in [0.1, 0.15) is 35.1 Å². The molecule has 1 unspecified atom stereocenters. The molecule has 4 heterocycles. The summed E-state index contributed by atoms with van der Waals surface area (Å²) in [6.07, 6.45) is -3.73. The Morgan fingerprint density at radius 2 is 1.70 bits per heavy atom. The van der Waals surface area contributed by atoms with Crippen LogP contribution in [0.1, 0.15) is 53.1 Å². The third kappa shape index (κ3) is 7.16. The van der Waals surface area contributed by atoms with Gasteiger partial charge in [-0.1, -0.05) is 12.1 Å². The van der Waals surface area contributed by atoms with Crippen molar-refractivity contribution in [3.63, 3.8) is 0 Å². The summed E-state index contributed by atoms with van der Waals surface area (Å²) in [5, 5.41) is 18.3. The van der Waals surface area contributed by atoms with E-state index in [-0.39, 0.29) is 77.6 Å². The van der Waals surface area contributed by atoms with Crippen molar-refractivity contribution in [3.05, 3.63) is 135 Å². The van der Waals surface area contributed by atoms with Crippen molar-refractivity contribution in [2.75, 3.05) is 26.3 Å². The minimum absolute atomic E-state index is 0.0336. The van der Waals surface area contributed by atoms with Gasteiger partial charge in [0.2, 0.25) is 10.0 Å². The molecule has 0 amide bonds.